The normalized spacial score (nSPS) is 23.1. The second-order valence-electron chi connectivity index (χ2n) is 6.18. The van der Waals surface area contributed by atoms with Crippen LogP contribution in [0.25, 0.3) is 10.9 Å². The molecular formula is C17H22N2O. The molecule has 0 spiro atoms. The smallest absolute Gasteiger partial charge is 0.121 e. The van der Waals surface area contributed by atoms with E-state index in [1.54, 1.807) is 7.11 Å². The summed E-state index contributed by atoms with van der Waals surface area (Å²) in [7, 11) is 1.75. The summed E-state index contributed by atoms with van der Waals surface area (Å²) >= 11 is 0. The quantitative estimate of drug-likeness (QED) is 0.908. The van der Waals surface area contributed by atoms with Crippen LogP contribution in [-0.2, 0) is 12.8 Å². The minimum atomic E-state index is 0.675. The monoisotopic (exact) mass is 270 g/mol. The maximum absolute atomic E-state index is 5.45. The number of likely N-dealkylation sites (tertiary alicyclic amines) is 1. The van der Waals surface area contributed by atoms with Crippen molar-refractivity contribution < 1.29 is 4.74 Å². The number of nitrogens with one attached hydrogen (secondary N) is 1. The molecule has 1 saturated heterocycles. The Hall–Kier alpha value is -1.48. The number of hydrogen-bond acceptors (Lipinski definition) is 2. The summed E-state index contributed by atoms with van der Waals surface area (Å²) in [5.74, 6) is 0.972. The molecule has 1 fully saturated rings. The van der Waals surface area contributed by atoms with Crippen LogP contribution in [0.1, 0.15) is 30.4 Å². The third-order valence-electron chi connectivity index (χ3n) is 4.97. The first-order valence-corrected chi connectivity index (χ1v) is 7.76. The Morgan fingerprint density at radius 1 is 1.10 bits per heavy atom. The lowest BCUT2D eigenvalue weighted by Crippen LogP contribution is -2.42. The maximum Gasteiger partial charge on any atom is 0.121 e. The van der Waals surface area contributed by atoms with Gasteiger partial charge in [0.25, 0.3) is 0 Å². The van der Waals surface area contributed by atoms with Crippen molar-refractivity contribution in [3.63, 3.8) is 0 Å². The predicted molar refractivity (Wildman–Crippen MR) is 81.5 cm³/mol. The van der Waals surface area contributed by atoms with Gasteiger partial charge < -0.3 is 9.72 Å². The van der Waals surface area contributed by atoms with Gasteiger partial charge in [-0.2, -0.15) is 0 Å². The van der Waals surface area contributed by atoms with E-state index in [0.29, 0.717) is 6.04 Å². The number of rotatable bonds is 2. The molecule has 1 unspecified atom stereocenters. The van der Waals surface area contributed by atoms with E-state index in [-0.39, 0.29) is 0 Å². The predicted octanol–water partition coefficient (Wildman–Crippen LogP) is 3.13. The van der Waals surface area contributed by atoms with E-state index in [1.807, 2.05) is 0 Å². The van der Waals surface area contributed by atoms with E-state index in [0.717, 1.165) is 5.75 Å². The van der Waals surface area contributed by atoms with Crippen LogP contribution in [0.3, 0.4) is 0 Å². The standard InChI is InChI=1S/C17H22N2O/c1-20-15-9-12-7-14(19-5-3-2-4-6-19)8-13-11-18-16(10-15)17(12)13/h9-11,14,18H,2-8H2,1H3. The van der Waals surface area contributed by atoms with Crippen LogP contribution in [0.2, 0.25) is 0 Å². The second-order valence-corrected chi connectivity index (χ2v) is 6.18. The van der Waals surface area contributed by atoms with Crippen molar-refractivity contribution in [3.8, 4) is 5.75 Å². The third-order valence-corrected chi connectivity index (χ3v) is 4.97. The zero-order valence-corrected chi connectivity index (χ0v) is 12.1. The van der Waals surface area contributed by atoms with Crippen molar-refractivity contribution in [2.75, 3.05) is 20.2 Å². The lowest BCUT2D eigenvalue weighted by Gasteiger charge is -2.36. The lowest BCUT2D eigenvalue weighted by molar-refractivity contribution is 0.159. The molecular weight excluding hydrogens is 248 g/mol. The molecule has 0 radical (unpaired) electrons. The SMILES string of the molecule is COc1cc2c3c(c[nH]c3c1)CC(N1CCCCC1)C2. The number of hydrogen-bond donors (Lipinski definition) is 1. The summed E-state index contributed by atoms with van der Waals surface area (Å²) in [6, 6.07) is 5.02. The highest BCUT2D eigenvalue weighted by Gasteiger charge is 2.27. The molecule has 20 heavy (non-hydrogen) atoms. The Morgan fingerprint density at radius 2 is 1.90 bits per heavy atom. The van der Waals surface area contributed by atoms with Crippen LogP contribution in [-0.4, -0.2) is 36.1 Å². The van der Waals surface area contributed by atoms with E-state index in [1.165, 1.54) is 67.2 Å². The van der Waals surface area contributed by atoms with E-state index in [9.17, 15) is 0 Å². The highest BCUT2D eigenvalue weighted by Crippen LogP contribution is 2.35. The number of methoxy groups -OCH3 is 1. The van der Waals surface area contributed by atoms with Crippen LogP contribution >= 0.6 is 0 Å². The molecule has 0 amide bonds. The fourth-order valence-corrected chi connectivity index (χ4v) is 3.96. The van der Waals surface area contributed by atoms with Gasteiger partial charge in [-0.1, -0.05) is 6.42 Å². The molecule has 1 aromatic carbocycles. The minimum Gasteiger partial charge on any atom is -0.497 e. The van der Waals surface area contributed by atoms with Crippen LogP contribution in [0, 0.1) is 0 Å². The number of piperidine rings is 1. The van der Waals surface area contributed by atoms with Crippen molar-refractivity contribution in [2.45, 2.75) is 38.1 Å². The van der Waals surface area contributed by atoms with Gasteiger partial charge in [-0.15, -0.1) is 0 Å². The van der Waals surface area contributed by atoms with Gasteiger partial charge in [0.15, 0.2) is 0 Å². The topological polar surface area (TPSA) is 28.3 Å². The average molecular weight is 270 g/mol. The molecule has 2 heterocycles. The Kier molecular flexibility index (Phi) is 2.95. The molecule has 1 aliphatic carbocycles. The van der Waals surface area contributed by atoms with Gasteiger partial charge in [0.1, 0.15) is 5.75 Å². The Balaban J connectivity index is 1.71. The zero-order chi connectivity index (χ0) is 13.5. The van der Waals surface area contributed by atoms with Crippen LogP contribution in [0.5, 0.6) is 5.75 Å². The van der Waals surface area contributed by atoms with Crippen LogP contribution < -0.4 is 4.74 Å². The van der Waals surface area contributed by atoms with Gasteiger partial charge in [-0.05, 0) is 56.0 Å². The fourth-order valence-electron chi connectivity index (χ4n) is 3.96. The molecule has 3 nitrogen and oxygen atoms in total. The minimum absolute atomic E-state index is 0.675. The first-order valence-electron chi connectivity index (χ1n) is 7.76. The molecule has 106 valence electrons. The third kappa shape index (κ3) is 1.92. The Labute approximate surface area is 119 Å². The van der Waals surface area contributed by atoms with Crippen LogP contribution in [0.4, 0.5) is 0 Å². The summed E-state index contributed by atoms with van der Waals surface area (Å²) in [6.07, 6.45) is 8.69. The largest absolute Gasteiger partial charge is 0.497 e. The Bertz CT molecular complexity index is 625. The van der Waals surface area contributed by atoms with Gasteiger partial charge in [0, 0.05) is 29.2 Å². The molecule has 4 rings (SSSR count). The number of ether oxygens (including phenoxy) is 1. The number of H-pyrrole nitrogens is 1. The van der Waals surface area contributed by atoms with Crippen molar-refractivity contribution in [3.05, 3.63) is 29.5 Å². The van der Waals surface area contributed by atoms with Gasteiger partial charge in [-0.3, -0.25) is 4.90 Å². The van der Waals surface area contributed by atoms with E-state index < -0.39 is 0 Å². The average Bonchev–Trinajstić information content (AvgIpc) is 2.92. The molecule has 1 aliphatic heterocycles. The molecule has 0 saturated carbocycles. The second kappa shape index (κ2) is 4.81. The van der Waals surface area contributed by atoms with Crippen molar-refractivity contribution in [1.29, 1.82) is 0 Å². The van der Waals surface area contributed by atoms with E-state index in [4.69, 9.17) is 4.74 Å². The molecule has 3 heteroatoms. The summed E-state index contributed by atoms with van der Waals surface area (Å²) in [6.45, 7) is 2.55. The van der Waals surface area contributed by atoms with Gasteiger partial charge in [0.05, 0.1) is 7.11 Å². The number of aromatic nitrogens is 1. The fraction of sp³-hybridized carbons (Fsp3) is 0.529. The zero-order valence-electron chi connectivity index (χ0n) is 12.1. The van der Waals surface area contributed by atoms with E-state index in [2.05, 4.69) is 28.2 Å². The highest BCUT2D eigenvalue weighted by molar-refractivity contribution is 5.89. The van der Waals surface area contributed by atoms with Crippen LogP contribution in [0.15, 0.2) is 18.3 Å². The maximum atomic E-state index is 5.45. The van der Waals surface area contributed by atoms with Gasteiger partial charge in [0.2, 0.25) is 0 Å². The van der Waals surface area contributed by atoms with Crippen molar-refractivity contribution >= 4 is 10.9 Å². The molecule has 2 aromatic rings. The summed E-state index contributed by atoms with van der Waals surface area (Å²) in [5, 5.41) is 1.44. The number of aromatic amines is 1. The number of nitrogens with zero attached hydrogens (tertiary/aromatic N) is 1. The molecule has 1 atom stereocenters. The lowest BCUT2D eigenvalue weighted by atomic mass is 9.87. The summed E-state index contributed by atoms with van der Waals surface area (Å²) < 4.78 is 5.45. The first-order chi connectivity index (χ1) is 9.85. The number of benzene rings is 1. The summed E-state index contributed by atoms with van der Waals surface area (Å²) in [5.41, 5.74) is 4.17. The molecule has 2 aliphatic rings. The Morgan fingerprint density at radius 3 is 2.70 bits per heavy atom. The summed E-state index contributed by atoms with van der Waals surface area (Å²) in [4.78, 5) is 6.12. The van der Waals surface area contributed by atoms with Crippen molar-refractivity contribution in [2.24, 2.45) is 0 Å². The van der Waals surface area contributed by atoms with E-state index >= 15 is 0 Å². The van der Waals surface area contributed by atoms with Gasteiger partial charge >= 0.3 is 0 Å². The molecule has 1 aromatic heterocycles. The molecule has 0 bridgehead atoms. The van der Waals surface area contributed by atoms with Gasteiger partial charge in [-0.25, -0.2) is 0 Å². The molecule has 1 N–H and O–H groups in total. The first kappa shape index (κ1) is 12.3. The highest BCUT2D eigenvalue weighted by atomic mass is 16.5. The van der Waals surface area contributed by atoms with Crippen molar-refractivity contribution in [1.82, 2.24) is 9.88 Å².